The van der Waals surface area contributed by atoms with Crippen molar-refractivity contribution in [2.75, 3.05) is 5.32 Å². The van der Waals surface area contributed by atoms with Crippen LogP contribution >= 0.6 is 0 Å². The largest absolute Gasteiger partial charge is 0.306 e. The van der Waals surface area contributed by atoms with E-state index in [1.807, 2.05) is 0 Å². The fraction of sp³-hybridized carbons (Fsp3) is 0.0455. The van der Waals surface area contributed by atoms with Crippen molar-refractivity contribution in [2.24, 2.45) is 0 Å². The first-order valence-electron chi connectivity index (χ1n) is 8.88. The van der Waals surface area contributed by atoms with Crippen LogP contribution in [0.4, 0.5) is 14.6 Å². The quantitative estimate of drug-likeness (QED) is 0.508. The number of aromatic amines is 1. The topological polar surface area (TPSA) is 70.7 Å². The van der Waals surface area contributed by atoms with Crippen molar-refractivity contribution < 1.29 is 13.6 Å². The van der Waals surface area contributed by atoms with E-state index in [0.717, 1.165) is 5.56 Å². The van der Waals surface area contributed by atoms with Gasteiger partial charge in [-0.15, -0.1) is 0 Å². The summed E-state index contributed by atoms with van der Waals surface area (Å²) in [4.78, 5) is 16.5. The number of nitrogens with zero attached hydrogens (tertiary/aromatic N) is 2. The van der Waals surface area contributed by atoms with Gasteiger partial charge in [0.05, 0.1) is 11.3 Å². The summed E-state index contributed by atoms with van der Waals surface area (Å²) < 4.78 is 27.9. The van der Waals surface area contributed by atoms with Crippen LogP contribution in [-0.4, -0.2) is 21.1 Å². The minimum absolute atomic E-state index is 0.180. The highest BCUT2D eigenvalue weighted by atomic mass is 19.1. The van der Waals surface area contributed by atoms with Crippen LogP contribution in [0.15, 0.2) is 79.1 Å². The Labute approximate surface area is 165 Å². The third-order valence-electron chi connectivity index (χ3n) is 4.43. The summed E-state index contributed by atoms with van der Waals surface area (Å²) in [7, 11) is 0. The summed E-state index contributed by atoms with van der Waals surface area (Å²) >= 11 is 0. The lowest BCUT2D eigenvalue weighted by Crippen LogP contribution is -2.18. The number of hydrogen-bond donors (Lipinski definition) is 2. The Balaban J connectivity index is 1.72. The molecule has 2 aromatic heterocycles. The Morgan fingerprint density at radius 2 is 1.62 bits per heavy atom. The molecule has 1 amide bonds. The van der Waals surface area contributed by atoms with E-state index in [1.165, 1.54) is 12.1 Å². The Kier molecular flexibility index (Phi) is 5.11. The molecule has 0 saturated carbocycles. The van der Waals surface area contributed by atoms with E-state index in [9.17, 15) is 13.6 Å². The van der Waals surface area contributed by atoms with E-state index >= 15 is 0 Å². The number of nitrogens with one attached hydrogen (secondary N) is 2. The summed E-state index contributed by atoms with van der Waals surface area (Å²) in [5.41, 5.74) is 2.78. The maximum atomic E-state index is 14.6. The van der Waals surface area contributed by atoms with Crippen molar-refractivity contribution in [2.45, 2.75) is 6.17 Å². The van der Waals surface area contributed by atoms with E-state index in [0.29, 0.717) is 16.8 Å². The number of hydrogen-bond acceptors (Lipinski definition) is 3. The molecule has 0 radical (unpaired) electrons. The molecule has 2 N–H and O–H groups in total. The number of amides is 1. The smallest absolute Gasteiger partial charge is 0.264 e. The maximum absolute atomic E-state index is 14.6. The highest BCUT2D eigenvalue weighted by Gasteiger charge is 2.24. The molecule has 144 valence electrons. The molecule has 0 fully saturated rings. The summed E-state index contributed by atoms with van der Waals surface area (Å²) in [6, 6.07) is 17.5. The van der Waals surface area contributed by atoms with E-state index in [-0.39, 0.29) is 17.2 Å². The third kappa shape index (κ3) is 3.89. The molecule has 0 spiro atoms. The van der Waals surface area contributed by atoms with E-state index in [4.69, 9.17) is 0 Å². The fourth-order valence-electron chi connectivity index (χ4n) is 3.01. The number of carbonyl (C=O) groups is 1. The van der Waals surface area contributed by atoms with Gasteiger partial charge in [0.15, 0.2) is 5.82 Å². The zero-order valence-electron chi connectivity index (χ0n) is 15.1. The Hall–Kier alpha value is -3.87. The summed E-state index contributed by atoms with van der Waals surface area (Å²) in [6.07, 6.45) is 1.36. The molecule has 0 aliphatic rings. The van der Waals surface area contributed by atoms with Crippen molar-refractivity contribution >= 4 is 11.7 Å². The first kappa shape index (κ1) is 18.5. The first-order chi connectivity index (χ1) is 14.1. The Morgan fingerprint density at radius 1 is 0.931 bits per heavy atom. The van der Waals surface area contributed by atoms with Crippen LogP contribution in [-0.2, 0) is 4.79 Å². The van der Waals surface area contributed by atoms with E-state index in [1.54, 1.807) is 67.0 Å². The summed E-state index contributed by atoms with van der Waals surface area (Å²) in [5, 5.41) is 9.59. The standard InChI is InChI=1S/C22H16F2N4O/c23-17-8-6-16(7-9-17)20-18(14-10-12-25-13-11-14)21(28-27-20)26-22(29)19(24)15-4-2-1-3-5-15/h1-13,19H,(H2,26,27,28,29). The second-order valence-electron chi connectivity index (χ2n) is 6.33. The number of aromatic nitrogens is 3. The normalized spacial score (nSPS) is 11.8. The van der Waals surface area contributed by atoms with Crippen molar-refractivity contribution in [3.05, 3.63) is 90.5 Å². The molecule has 4 rings (SSSR count). The Morgan fingerprint density at radius 3 is 2.31 bits per heavy atom. The van der Waals surface area contributed by atoms with Gasteiger partial charge in [-0.25, -0.2) is 8.78 Å². The van der Waals surface area contributed by atoms with Gasteiger partial charge in [0.2, 0.25) is 6.17 Å². The molecule has 29 heavy (non-hydrogen) atoms. The molecule has 7 heteroatoms. The molecule has 0 aliphatic heterocycles. The van der Waals surface area contributed by atoms with Crippen molar-refractivity contribution in [1.82, 2.24) is 15.2 Å². The average Bonchev–Trinajstić information content (AvgIpc) is 3.18. The number of benzene rings is 2. The van der Waals surface area contributed by atoms with Gasteiger partial charge in [0.1, 0.15) is 5.82 Å². The monoisotopic (exact) mass is 390 g/mol. The molecule has 2 aromatic carbocycles. The molecular weight excluding hydrogens is 374 g/mol. The van der Waals surface area contributed by atoms with Crippen LogP contribution in [0.25, 0.3) is 22.4 Å². The van der Waals surface area contributed by atoms with Gasteiger partial charge in [-0.2, -0.15) is 5.10 Å². The van der Waals surface area contributed by atoms with Crippen LogP contribution in [0.3, 0.4) is 0 Å². The number of alkyl halides is 1. The highest BCUT2D eigenvalue weighted by molar-refractivity contribution is 6.00. The summed E-state index contributed by atoms with van der Waals surface area (Å²) in [5.74, 6) is -1.02. The highest BCUT2D eigenvalue weighted by Crippen LogP contribution is 2.36. The number of carbonyl (C=O) groups excluding carboxylic acids is 1. The number of H-pyrrole nitrogens is 1. The number of rotatable bonds is 5. The lowest BCUT2D eigenvalue weighted by atomic mass is 10.0. The molecule has 1 unspecified atom stereocenters. The van der Waals surface area contributed by atoms with Crippen LogP contribution < -0.4 is 5.32 Å². The van der Waals surface area contributed by atoms with Crippen molar-refractivity contribution in [3.63, 3.8) is 0 Å². The van der Waals surface area contributed by atoms with Gasteiger partial charge in [-0.1, -0.05) is 30.3 Å². The zero-order chi connectivity index (χ0) is 20.2. The number of halogens is 2. The molecular formula is C22H16F2N4O. The molecule has 0 saturated heterocycles. The van der Waals surface area contributed by atoms with Gasteiger partial charge < -0.3 is 5.32 Å². The Bertz CT molecular complexity index is 1110. The fourth-order valence-corrected chi connectivity index (χ4v) is 3.01. The third-order valence-corrected chi connectivity index (χ3v) is 4.43. The first-order valence-corrected chi connectivity index (χ1v) is 8.88. The zero-order valence-corrected chi connectivity index (χ0v) is 15.1. The SMILES string of the molecule is O=C(Nc1n[nH]c(-c2ccc(F)cc2)c1-c1ccncc1)C(F)c1ccccc1. The van der Waals surface area contributed by atoms with Crippen LogP contribution in [0.5, 0.6) is 0 Å². The van der Waals surface area contributed by atoms with Gasteiger partial charge in [-0.05, 0) is 47.5 Å². The molecule has 0 aliphatic carbocycles. The molecule has 4 aromatic rings. The average molecular weight is 390 g/mol. The molecule has 2 heterocycles. The van der Waals surface area contributed by atoms with E-state index < -0.39 is 12.1 Å². The van der Waals surface area contributed by atoms with Crippen molar-refractivity contribution in [3.8, 4) is 22.4 Å². The second-order valence-corrected chi connectivity index (χ2v) is 6.33. The minimum Gasteiger partial charge on any atom is -0.306 e. The van der Waals surface area contributed by atoms with Crippen LogP contribution in [0, 0.1) is 5.82 Å². The molecule has 5 nitrogen and oxygen atoms in total. The lowest BCUT2D eigenvalue weighted by molar-refractivity contribution is -0.121. The van der Waals surface area contributed by atoms with Gasteiger partial charge >= 0.3 is 0 Å². The predicted octanol–water partition coefficient (Wildman–Crippen LogP) is 4.93. The van der Waals surface area contributed by atoms with Crippen molar-refractivity contribution in [1.29, 1.82) is 0 Å². The second kappa shape index (κ2) is 8.02. The lowest BCUT2D eigenvalue weighted by Gasteiger charge is -2.10. The summed E-state index contributed by atoms with van der Waals surface area (Å²) in [6.45, 7) is 0. The van der Waals surface area contributed by atoms with Crippen LogP contribution in [0.1, 0.15) is 11.7 Å². The number of pyridine rings is 1. The minimum atomic E-state index is -1.84. The molecule has 0 bridgehead atoms. The predicted molar refractivity (Wildman–Crippen MR) is 106 cm³/mol. The number of anilines is 1. The van der Waals surface area contributed by atoms with Gasteiger partial charge in [0.25, 0.3) is 5.91 Å². The van der Waals surface area contributed by atoms with Gasteiger partial charge in [-0.3, -0.25) is 14.9 Å². The maximum Gasteiger partial charge on any atom is 0.264 e. The van der Waals surface area contributed by atoms with E-state index in [2.05, 4.69) is 20.5 Å². The van der Waals surface area contributed by atoms with Crippen LogP contribution in [0.2, 0.25) is 0 Å². The van der Waals surface area contributed by atoms with Gasteiger partial charge in [0, 0.05) is 18.0 Å². The molecule has 1 atom stereocenters.